The number of hydrogen-bond acceptors (Lipinski definition) is 3. The van der Waals surface area contributed by atoms with Crippen LogP contribution in [0.2, 0.25) is 0 Å². The number of aliphatic hydroxyl groups excluding tert-OH is 2. The Morgan fingerprint density at radius 2 is 0.759 bits per heavy atom. The van der Waals surface area contributed by atoms with Crippen LogP contribution in [-0.4, -0.2) is 34.9 Å². The Bertz CT molecular complexity index is 1270. The number of nitrogens with one attached hydrogen (secondary N) is 1. The van der Waals surface area contributed by atoms with E-state index in [2.05, 4.69) is 165 Å². The fourth-order valence-electron chi connectivity index (χ4n) is 5.87. The molecule has 2 unspecified atom stereocenters. The molecule has 0 aromatic rings. The van der Waals surface area contributed by atoms with Crippen LogP contribution in [0.15, 0.2) is 146 Å². The summed E-state index contributed by atoms with van der Waals surface area (Å²) >= 11 is 0. The van der Waals surface area contributed by atoms with Gasteiger partial charge in [-0.15, -0.1) is 0 Å². The Balaban J connectivity index is 3.69. The molecule has 4 nitrogen and oxygen atoms in total. The van der Waals surface area contributed by atoms with Gasteiger partial charge in [0, 0.05) is 6.42 Å². The molecule has 0 aromatic heterocycles. The highest BCUT2D eigenvalue weighted by atomic mass is 16.3. The smallest absolute Gasteiger partial charge is 0.220 e. The van der Waals surface area contributed by atoms with E-state index >= 15 is 0 Å². The minimum Gasteiger partial charge on any atom is -0.394 e. The van der Waals surface area contributed by atoms with Gasteiger partial charge in [-0.1, -0.05) is 205 Å². The van der Waals surface area contributed by atoms with Crippen molar-refractivity contribution in [1.82, 2.24) is 5.32 Å². The molecule has 0 saturated heterocycles. The fourth-order valence-corrected chi connectivity index (χ4v) is 5.87. The summed E-state index contributed by atoms with van der Waals surface area (Å²) in [5, 5.41) is 22.8. The first-order valence-corrected chi connectivity index (χ1v) is 23.0. The molecule has 324 valence electrons. The van der Waals surface area contributed by atoms with Gasteiger partial charge in [0.2, 0.25) is 5.91 Å². The van der Waals surface area contributed by atoms with E-state index in [9.17, 15) is 15.0 Å². The predicted octanol–water partition coefficient (Wildman–Crippen LogP) is 14.9. The third-order valence-electron chi connectivity index (χ3n) is 9.37. The molecule has 1 amide bonds. The highest BCUT2D eigenvalue weighted by Crippen LogP contribution is 2.11. The lowest BCUT2D eigenvalue weighted by atomic mass is 10.0. The van der Waals surface area contributed by atoms with Gasteiger partial charge < -0.3 is 15.5 Å². The number of unbranched alkanes of at least 4 members (excludes halogenated alkanes) is 8. The number of rotatable bonds is 39. The maximum absolute atomic E-state index is 12.3. The molecular formula is C54H85NO3. The fraction of sp³-hybridized carbons (Fsp3) is 0.537. The standard InChI is InChI=1S/C54H85NO3/c1-3-5-7-9-10-11-12-13-14-15-16-17-18-19-20-21-22-23-24-25-26-27-28-29-30-31-32-33-34-35-36-37-38-39-40-41-42-43-44-46-48-50-54(58)55-52(51-56)53(57)49-47-45-8-6-4-2/h5,7,10-11,13-14,16-17,19-20,22-23,25-26,28-29,31-32,34-35,37-38,40-41,52-53,56-57H,3-4,6,8-9,12,15,18,21,24,27,30,33,36,39,42-51H2,1-2H3,(H,55,58)/b7-5-,11-10-,14-13-,17-16-,20-19-,23-22-,26-25-,29-28-,32-31-,35-34-,38-37-,41-40-. The van der Waals surface area contributed by atoms with Crippen molar-refractivity contribution < 1.29 is 15.0 Å². The predicted molar refractivity (Wildman–Crippen MR) is 257 cm³/mol. The molecule has 58 heavy (non-hydrogen) atoms. The summed E-state index contributed by atoms with van der Waals surface area (Å²) in [5.74, 6) is -0.0710. The van der Waals surface area contributed by atoms with Crippen molar-refractivity contribution in [3.8, 4) is 0 Å². The Labute approximate surface area is 357 Å². The molecule has 0 aliphatic carbocycles. The highest BCUT2D eigenvalue weighted by molar-refractivity contribution is 5.76. The van der Waals surface area contributed by atoms with Crippen LogP contribution in [-0.2, 0) is 4.79 Å². The molecular weight excluding hydrogens is 711 g/mol. The molecule has 0 rings (SSSR count). The van der Waals surface area contributed by atoms with Crippen LogP contribution in [0.5, 0.6) is 0 Å². The number of hydrogen-bond donors (Lipinski definition) is 3. The Kier molecular flexibility index (Phi) is 44.6. The molecule has 3 N–H and O–H groups in total. The highest BCUT2D eigenvalue weighted by Gasteiger charge is 2.19. The number of carbonyl (C=O) groups is 1. The molecule has 0 spiro atoms. The van der Waals surface area contributed by atoms with Gasteiger partial charge >= 0.3 is 0 Å². The van der Waals surface area contributed by atoms with E-state index in [1.165, 1.54) is 19.3 Å². The van der Waals surface area contributed by atoms with Crippen LogP contribution in [0.4, 0.5) is 0 Å². The van der Waals surface area contributed by atoms with Crippen molar-refractivity contribution in [3.05, 3.63) is 146 Å². The average Bonchev–Trinajstić information content (AvgIpc) is 3.23. The largest absolute Gasteiger partial charge is 0.394 e. The van der Waals surface area contributed by atoms with Crippen LogP contribution in [0, 0.1) is 0 Å². The van der Waals surface area contributed by atoms with Crippen LogP contribution < -0.4 is 5.32 Å². The molecule has 0 heterocycles. The Morgan fingerprint density at radius 3 is 1.12 bits per heavy atom. The SMILES string of the molecule is CC/C=C\C/C=C\C/C=C\C/C=C\C/C=C\C/C=C\C/C=C\C/C=C\C/C=C\C/C=C\C/C=C\C/C=C\CCCCCCC(=O)NC(CO)C(O)CCCCCCC. The monoisotopic (exact) mass is 796 g/mol. The second-order valence-corrected chi connectivity index (χ2v) is 14.7. The van der Waals surface area contributed by atoms with Crippen molar-refractivity contribution in [1.29, 1.82) is 0 Å². The Morgan fingerprint density at radius 1 is 0.431 bits per heavy atom. The lowest BCUT2D eigenvalue weighted by Gasteiger charge is -2.22. The quantitative estimate of drug-likeness (QED) is 0.0429. The summed E-state index contributed by atoms with van der Waals surface area (Å²) in [7, 11) is 0. The lowest BCUT2D eigenvalue weighted by Crippen LogP contribution is -2.45. The summed E-state index contributed by atoms with van der Waals surface area (Å²) in [4.78, 5) is 12.3. The summed E-state index contributed by atoms with van der Waals surface area (Å²) in [6.45, 7) is 4.13. The molecule has 0 saturated carbocycles. The maximum Gasteiger partial charge on any atom is 0.220 e. The van der Waals surface area contributed by atoms with E-state index in [1.807, 2.05) is 0 Å². The van der Waals surface area contributed by atoms with E-state index in [4.69, 9.17) is 0 Å². The minimum absolute atomic E-state index is 0.0710. The van der Waals surface area contributed by atoms with E-state index < -0.39 is 12.1 Å². The van der Waals surface area contributed by atoms with Gasteiger partial charge in [-0.05, 0) is 103 Å². The van der Waals surface area contributed by atoms with Crippen molar-refractivity contribution in [3.63, 3.8) is 0 Å². The Hall–Kier alpha value is -3.73. The summed E-state index contributed by atoms with van der Waals surface area (Å²) < 4.78 is 0. The molecule has 0 bridgehead atoms. The van der Waals surface area contributed by atoms with Crippen LogP contribution in [0.3, 0.4) is 0 Å². The molecule has 2 atom stereocenters. The van der Waals surface area contributed by atoms with Gasteiger partial charge in [-0.25, -0.2) is 0 Å². The molecule has 4 heteroatoms. The van der Waals surface area contributed by atoms with Crippen molar-refractivity contribution >= 4 is 5.91 Å². The van der Waals surface area contributed by atoms with Crippen LogP contribution in [0.1, 0.15) is 168 Å². The third kappa shape index (κ3) is 43.4. The number of amides is 1. The van der Waals surface area contributed by atoms with Crippen LogP contribution >= 0.6 is 0 Å². The zero-order chi connectivity index (χ0) is 42.1. The lowest BCUT2D eigenvalue weighted by molar-refractivity contribution is -0.123. The van der Waals surface area contributed by atoms with Gasteiger partial charge in [-0.3, -0.25) is 4.79 Å². The van der Waals surface area contributed by atoms with Gasteiger partial charge in [0.05, 0.1) is 18.8 Å². The first-order valence-electron chi connectivity index (χ1n) is 23.0. The van der Waals surface area contributed by atoms with Gasteiger partial charge in [-0.2, -0.15) is 0 Å². The number of aliphatic hydroxyl groups is 2. The van der Waals surface area contributed by atoms with E-state index in [0.717, 1.165) is 122 Å². The van der Waals surface area contributed by atoms with Crippen LogP contribution in [0.25, 0.3) is 0 Å². The molecule has 0 aliphatic heterocycles. The average molecular weight is 796 g/mol. The second-order valence-electron chi connectivity index (χ2n) is 14.7. The minimum atomic E-state index is -0.676. The number of carbonyl (C=O) groups excluding carboxylic acids is 1. The number of allylic oxidation sites excluding steroid dienone is 24. The van der Waals surface area contributed by atoms with Gasteiger partial charge in [0.25, 0.3) is 0 Å². The van der Waals surface area contributed by atoms with Gasteiger partial charge in [0.1, 0.15) is 0 Å². The summed E-state index contributed by atoms with van der Waals surface area (Å²) in [6, 6.07) is -0.556. The summed E-state index contributed by atoms with van der Waals surface area (Å²) in [6.07, 6.45) is 76.8. The first kappa shape index (κ1) is 54.3. The maximum atomic E-state index is 12.3. The van der Waals surface area contributed by atoms with Crippen molar-refractivity contribution in [2.45, 2.75) is 180 Å². The molecule has 0 aliphatic rings. The topological polar surface area (TPSA) is 69.6 Å². The molecule has 0 radical (unpaired) electrons. The molecule has 0 aromatic carbocycles. The van der Waals surface area contributed by atoms with E-state index in [1.54, 1.807) is 0 Å². The van der Waals surface area contributed by atoms with Gasteiger partial charge in [0.15, 0.2) is 0 Å². The zero-order valence-electron chi connectivity index (χ0n) is 37.0. The summed E-state index contributed by atoms with van der Waals surface area (Å²) in [5.41, 5.74) is 0. The second kappa shape index (κ2) is 47.6. The van der Waals surface area contributed by atoms with E-state index in [0.29, 0.717) is 12.8 Å². The normalized spacial score (nSPS) is 14.3. The van der Waals surface area contributed by atoms with Crippen molar-refractivity contribution in [2.75, 3.05) is 6.61 Å². The molecule has 0 fully saturated rings. The third-order valence-corrected chi connectivity index (χ3v) is 9.37. The first-order chi connectivity index (χ1) is 28.7. The zero-order valence-corrected chi connectivity index (χ0v) is 37.0. The van der Waals surface area contributed by atoms with Crippen molar-refractivity contribution in [2.24, 2.45) is 0 Å². The van der Waals surface area contributed by atoms with E-state index in [-0.39, 0.29) is 12.5 Å².